The number of hydrogen-bond acceptors (Lipinski definition) is 1. The van der Waals surface area contributed by atoms with Gasteiger partial charge in [-0.05, 0) is 54.5 Å². The van der Waals surface area contributed by atoms with Crippen LogP contribution >= 0.6 is 0 Å². The largest absolute Gasteiger partial charge is 0.216 e. The number of allylic oxidation sites excluding steroid dienone is 1. The van der Waals surface area contributed by atoms with Gasteiger partial charge in [-0.25, -0.2) is 4.39 Å². The summed E-state index contributed by atoms with van der Waals surface area (Å²) in [6.07, 6.45) is 7.40. The van der Waals surface area contributed by atoms with E-state index in [1.54, 1.807) is 6.08 Å². The molecule has 1 nitrogen and oxygen atoms in total. The summed E-state index contributed by atoms with van der Waals surface area (Å²) >= 11 is 0. The third kappa shape index (κ3) is 4.86. The minimum absolute atomic E-state index is 0.627. The number of nitrogens with zero attached hydrogens (tertiary/aromatic N) is 1. The van der Waals surface area contributed by atoms with E-state index < -0.39 is 0 Å². The van der Waals surface area contributed by atoms with E-state index in [0.717, 1.165) is 37.7 Å². The smallest absolute Gasteiger partial charge is 0.0991 e. The van der Waals surface area contributed by atoms with E-state index >= 15 is 0 Å². The number of nitriles is 1. The summed E-state index contributed by atoms with van der Waals surface area (Å²) in [5.41, 5.74) is 4.31. The molecule has 0 atom stereocenters. The topological polar surface area (TPSA) is 23.8 Å². The van der Waals surface area contributed by atoms with E-state index in [4.69, 9.17) is 5.26 Å². The summed E-state index contributed by atoms with van der Waals surface area (Å²) in [5, 5.41) is 8.81. The average molecular weight is 293 g/mol. The van der Waals surface area contributed by atoms with Crippen molar-refractivity contribution < 1.29 is 4.39 Å². The van der Waals surface area contributed by atoms with Crippen LogP contribution in [0.15, 0.2) is 60.9 Å². The zero-order valence-electron chi connectivity index (χ0n) is 12.6. The highest BCUT2D eigenvalue weighted by atomic mass is 19.1. The van der Waals surface area contributed by atoms with Crippen LogP contribution in [0.5, 0.6) is 0 Å². The Balaban J connectivity index is 1.86. The molecule has 0 heterocycles. The predicted octanol–water partition coefficient (Wildman–Crippen LogP) is 5.81. The van der Waals surface area contributed by atoms with Crippen molar-refractivity contribution in [1.29, 1.82) is 5.26 Å². The molecule has 0 N–H and O–H groups in total. The molecule has 0 bridgehead atoms. The minimum atomic E-state index is 0.627. The fraction of sp³-hybridized carbons (Fsp3) is 0.250. The molecule has 0 fully saturated rings. The molecule has 0 aliphatic rings. The Labute approximate surface area is 131 Å². The molecular formula is C20H20FN. The molecule has 0 spiro atoms. The molecule has 2 aromatic carbocycles. The number of rotatable bonds is 7. The first kappa shape index (κ1) is 16.0. The SMILES string of the molecule is N#Cc1ccc(-c2ccc(CCCCC/C=C/F)cc2)cc1. The van der Waals surface area contributed by atoms with Crippen LogP contribution in [0.4, 0.5) is 4.39 Å². The van der Waals surface area contributed by atoms with Crippen molar-refractivity contribution in [2.24, 2.45) is 0 Å². The van der Waals surface area contributed by atoms with Crippen molar-refractivity contribution in [2.75, 3.05) is 0 Å². The lowest BCUT2D eigenvalue weighted by Gasteiger charge is -2.05. The molecular weight excluding hydrogens is 273 g/mol. The van der Waals surface area contributed by atoms with Gasteiger partial charge in [0, 0.05) is 0 Å². The predicted molar refractivity (Wildman–Crippen MR) is 89.0 cm³/mol. The fourth-order valence-electron chi connectivity index (χ4n) is 2.43. The second-order valence-corrected chi connectivity index (χ2v) is 5.35. The van der Waals surface area contributed by atoms with E-state index in [1.165, 1.54) is 11.1 Å². The first-order valence-electron chi connectivity index (χ1n) is 7.68. The lowest BCUT2D eigenvalue weighted by molar-refractivity contribution is 0.671. The Hall–Kier alpha value is -2.40. The van der Waals surface area contributed by atoms with Crippen molar-refractivity contribution >= 4 is 0 Å². The standard InChI is InChI=1S/C20H20FN/c21-15-5-3-1-2-4-6-17-7-11-19(12-8-17)20-13-9-18(16-22)10-14-20/h5,7-15H,1-4,6H2/b15-5+. The molecule has 0 amide bonds. The summed E-state index contributed by atoms with van der Waals surface area (Å²) in [6, 6.07) is 18.4. The Bertz CT molecular complexity index is 633. The highest BCUT2D eigenvalue weighted by Gasteiger charge is 1.99. The lowest BCUT2D eigenvalue weighted by atomic mass is 10.0. The maximum absolute atomic E-state index is 11.8. The summed E-state index contributed by atoms with van der Waals surface area (Å²) < 4.78 is 11.8. The van der Waals surface area contributed by atoms with Crippen LogP contribution < -0.4 is 0 Å². The van der Waals surface area contributed by atoms with Crippen LogP contribution in [0, 0.1) is 11.3 Å². The van der Waals surface area contributed by atoms with Gasteiger partial charge in [0.05, 0.1) is 18.0 Å². The van der Waals surface area contributed by atoms with Gasteiger partial charge in [-0.15, -0.1) is 0 Å². The zero-order valence-corrected chi connectivity index (χ0v) is 12.6. The summed E-state index contributed by atoms with van der Waals surface area (Å²) in [5.74, 6) is 0. The monoisotopic (exact) mass is 293 g/mol. The lowest BCUT2D eigenvalue weighted by Crippen LogP contribution is -1.86. The average Bonchev–Trinajstić information content (AvgIpc) is 2.59. The van der Waals surface area contributed by atoms with Crippen LogP contribution in [-0.2, 0) is 6.42 Å². The number of aryl methyl sites for hydroxylation is 1. The van der Waals surface area contributed by atoms with E-state index in [0.29, 0.717) is 11.9 Å². The third-order valence-corrected chi connectivity index (χ3v) is 3.73. The van der Waals surface area contributed by atoms with Gasteiger partial charge in [0.15, 0.2) is 0 Å². The molecule has 2 aromatic rings. The Morgan fingerprint density at radius 1 is 0.864 bits per heavy atom. The van der Waals surface area contributed by atoms with Gasteiger partial charge in [0.1, 0.15) is 0 Å². The van der Waals surface area contributed by atoms with Crippen molar-refractivity contribution in [1.82, 2.24) is 0 Å². The second kappa shape index (κ2) is 8.79. The maximum Gasteiger partial charge on any atom is 0.0991 e. The van der Waals surface area contributed by atoms with Crippen LogP contribution in [0.25, 0.3) is 11.1 Å². The second-order valence-electron chi connectivity index (χ2n) is 5.35. The Kier molecular flexibility index (Phi) is 6.39. The van der Waals surface area contributed by atoms with Crippen LogP contribution in [-0.4, -0.2) is 0 Å². The van der Waals surface area contributed by atoms with Gasteiger partial charge in [-0.1, -0.05) is 48.9 Å². The van der Waals surface area contributed by atoms with Gasteiger partial charge in [-0.2, -0.15) is 5.26 Å². The van der Waals surface area contributed by atoms with Gasteiger partial charge in [-0.3, -0.25) is 0 Å². The molecule has 0 saturated heterocycles. The van der Waals surface area contributed by atoms with E-state index in [2.05, 4.69) is 30.3 Å². The molecule has 112 valence electrons. The number of benzene rings is 2. The minimum Gasteiger partial charge on any atom is -0.216 e. The molecule has 2 heteroatoms. The van der Waals surface area contributed by atoms with E-state index in [-0.39, 0.29) is 0 Å². The molecule has 0 radical (unpaired) electrons. The van der Waals surface area contributed by atoms with Crippen molar-refractivity contribution in [3.63, 3.8) is 0 Å². The summed E-state index contributed by atoms with van der Waals surface area (Å²) in [6.45, 7) is 0. The van der Waals surface area contributed by atoms with Crippen molar-refractivity contribution in [3.05, 3.63) is 72.1 Å². The highest BCUT2D eigenvalue weighted by Crippen LogP contribution is 2.21. The third-order valence-electron chi connectivity index (χ3n) is 3.73. The Morgan fingerprint density at radius 3 is 2.09 bits per heavy atom. The fourth-order valence-corrected chi connectivity index (χ4v) is 2.43. The van der Waals surface area contributed by atoms with Gasteiger partial charge in [0.25, 0.3) is 0 Å². The number of hydrogen-bond donors (Lipinski definition) is 0. The van der Waals surface area contributed by atoms with Gasteiger partial charge < -0.3 is 0 Å². The highest BCUT2D eigenvalue weighted by molar-refractivity contribution is 5.64. The normalized spacial score (nSPS) is 10.7. The molecule has 0 aliphatic heterocycles. The zero-order chi connectivity index (χ0) is 15.6. The number of unbranched alkanes of at least 4 members (excludes halogenated alkanes) is 3. The molecule has 0 aromatic heterocycles. The first-order chi connectivity index (χ1) is 10.8. The van der Waals surface area contributed by atoms with Crippen LogP contribution in [0.3, 0.4) is 0 Å². The molecule has 2 rings (SSSR count). The molecule has 0 aliphatic carbocycles. The number of halogens is 1. The van der Waals surface area contributed by atoms with Crippen LogP contribution in [0.1, 0.15) is 36.8 Å². The van der Waals surface area contributed by atoms with E-state index in [1.807, 2.05) is 24.3 Å². The molecule has 0 saturated carbocycles. The molecule has 0 unspecified atom stereocenters. The quantitative estimate of drug-likeness (QED) is 0.591. The van der Waals surface area contributed by atoms with Gasteiger partial charge >= 0.3 is 0 Å². The molecule has 22 heavy (non-hydrogen) atoms. The summed E-state index contributed by atoms with van der Waals surface area (Å²) in [7, 11) is 0. The van der Waals surface area contributed by atoms with Crippen molar-refractivity contribution in [3.8, 4) is 17.2 Å². The van der Waals surface area contributed by atoms with Gasteiger partial charge in [0.2, 0.25) is 0 Å². The van der Waals surface area contributed by atoms with Crippen LogP contribution in [0.2, 0.25) is 0 Å². The maximum atomic E-state index is 11.8. The van der Waals surface area contributed by atoms with E-state index in [9.17, 15) is 4.39 Å². The van der Waals surface area contributed by atoms with Crippen molar-refractivity contribution in [2.45, 2.75) is 32.1 Å². The first-order valence-corrected chi connectivity index (χ1v) is 7.68. The summed E-state index contributed by atoms with van der Waals surface area (Å²) in [4.78, 5) is 0. The Morgan fingerprint density at radius 2 is 1.50 bits per heavy atom.